The molecule has 0 amide bonds. The van der Waals surface area contributed by atoms with Gasteiger partial charge >= 0.3 is 11.8 Å². The second-order valence-corrected chi connectivity index (χ2v) is 5.51. The number of Topliss-reactive ketones (excluding diaryl/α,β-unsaturated/α-hetero) is 2. The smallest absolute Gasteiger partial charge is 0.287 e. The minimum atomic E-state index is -3.23. The van der Waals surface area contributed by atoms with Crippen molar-refractivity contribution in [2.24, 2.45) is 0 Å². The van der Waals surface area contributed by atoms with Crippen molar-refractivity contribution in [1.29, 1.82) is 0 Å². The molecule has 0 atom stereocenters. The first-order valence-corrected chi connectivity index (χ1v) is 8.61. The molecule has 2 nitrogen and oxygen atoms in total. The van der Waals surface area contributed by atoms with Gasteiger partial charge in [-0.05, 0) is 0 Å². The van der Waals surface area contributed by atoms with E-state index in [9.17, 15) is 27.2 Å². The predicted octanol–water partition coefficient (Wildman–Crippen LogP) is 6.63. The van der Waals surface area contributed by atoms with Crippen LogP contribution < -0.4 is 0 Å². The van der Waals surface area contributed by atoms with E-state index in [1.807, 2.05) is 0 Å². The van der Waals surface area contributed by atoms with Crippen LogP contribution in [-0.4, -0.2) is 23.4 Å². The number of hydrogen-bond acceptors (Lipinski definition) is 2. The van der Waals surface area contributed by atoms with Gasteiger partial charge in [-0.1, -0.05) is 74.5 Å². The van der Waals surface area contributed by atoms with Gasteiger partial charge in [0.2, 0.25) is 11.6 Å². The van der Waals surface area contributed by atoms with E-state index < -0.39 is 36.3 Å². The topological polar surface area (TPSA) is 34.1 Å². The zero-order valence-corrected chi connectivity index (χ0v) is 15.9. The summed E-state index contributed by atoms with van der Waals surface area (Å²) in [6.07, 6.45) is -0.915. The quantitative estimate of drug-likeness (QED) is 0.312. The minimum Gasteiger partial charge on any atom is -0.287 e. The molecule has 152 valence electrons. The van der Waals surface area contributed by atoms with Crippen molar-refractivity contribution in [1.82, 2.24) is 0 Å². The van der Waals surface area contributed by atoms with E-state index in [-0.39, 0.29) is 11.1 Å². The zero-order valence-electron chi connectivity index (χ0n) is 15.9. The molecule has 0 saturated carbocycles. The second-order valence-electron chi connectivity index (χ2n) is 5.51. The molecule has 2 rings (SSSR count). The van der Waals surface area contributed by atoms with Crippen LogP contribution >= 0.6 is 0 Å². The van der Waals surface area contributed by atoms with Gasteiger partial charge < -0.3 is 0 Å². The molecule has 0 aromatic heterocycles. The van der Waals surface area contributed by atoms with Crippen LogP contribution in [0.25, 0.3) is 0 Å². The van der Waals surface area contributed by atoms with Crippen LogP contribution in [-0.2, 0) is 0 Å². The van der Waals surface area contributed by atoms with Gasteiger partial charge in [-0.15, -0.1) is 13.2 Å². The number of alkyl halides is 4. The van der Waals surface area contributed by atoms with Crippen molar-refractivity contribution in [3.05, 3.63) is 84.9 Å². The Kier molecular flexibility index (Phi) is 10.7. The number of carbonyl (C=O) groups excluding carboxylic acids is 2. The Hall–Kier alpha value is -2.76. The van der Waals surface area contributed by atoms with Gasteiger partial charge in [0.25, 0.3) is 0 Å². The molecule has 0 spiro atoms. The Morgan fingerprint density at radius 2 is 0.929 bits per heavy atom. The van der Waals surface area contributed by atoms with Crippen LogP contribution in [0.2, 0.25) is 0 Å². The maximum Gasteiger partial charge on any atom is 0.309 e. The largest absolute Gasteiger partial charge is 0.309 e. The van der Waals surface area contributed by atoms with Crippen LogP contribution in [0.1, 0.15) is 47.4 Å². The molecule has 0 aliphatic rings. The first-order valence-electron chi connectivity index (χ1n) is 8.61. The molecule has 0 fully saturated rings. The molecular formula is C22H24F4O2. The van der Waals surface area contributed by atoms with Gasteiger partial charge in [0.05, 0.1) is 0 Å². The van der Waals surface area contributed by atoms with Crippen LogP contribution in [0.5, 0.6) is 0 Å². The van der Waals surface area contributed by atoms with E-state index in [1.165, 1.54) is 38.1 Å². The highest BCUT2D eigenvalue weighted by molar-refractivity contribution is 6.01. The van der Waals surface area contributed by atoms with Crippen LogP contribution in [0.15, 0.2) is 73.8 Å². The molecule has 0 aliphatic carbocycles. The van der Waals surface area contributed by atoms with Crippen molar-refractivity contribution in [2.45, 2.75) is 38.5 Å². The molecule has 0 unspecified atom stereocenters. The summed E-state index contributed by atoms with van der Waals surface area (Å²) in [4.78, 5) is 22.3. The van der Waals surface area contributed by atoms with E-state index in [2.05, 4.69) is 13.2 Å². The van der Waals surface area contributed by atoms with Gasteiger partial charge in [-0.2, -0.15) is 17.6 Å². The number of benzene rings is 2. The Balaban J connectivity index is 0.000000478. The van der Waals surface area contributed by atoms with E-state index in [1.54, 1.807) is 36.4 Å². The molecule has 0 saturated heterocycles. The van der Waals surface area contributed by atoms with Gasteiger partial charge in [0.1, 0.15) is 0 Å². The van der Waals surface area contributed by atoms with Crippen LogP contribution in [0.3, 0.4) is 0 Å². The average molecular weight is 396 g/mol. The summed E-state index contributed by atoms with van der Waals surface area (Å²) < 4.78 is 51.5. The molecule has 0 aliphatic heterocycles. The zero-order chi connectivity index (χ0) is 21.8. The fraction of sp³-hybridized carbons (Fsp3) is 0.273. The lowest BCUT2D eigenvalue weighted by Crippen LogP contribution is -2.27. The monoisotopic (exact) mass is 396 g/mol. The molecule has 0 N–H and O–H groups in total. The normalized spacial score (nSPS) is 10.6. The van der Waals surface area contributed by atoms with E-state index in [0.29, 0.717) is 0 Å². The Morgan fingerprint density at radius 3 is 1.14 bits per heavy atom. The Labute approximate surface area is 162 Å². The molecule has 2 aromatic rings. The Bertz CT molecular complexity index is 665. The Morgan fingerprint density at radius 1 is 0.679 bits per heavy atom. The summed E-state index contributed by atoms with van der Waals surface area (Å²) in [5.41, 5.74) is 0.128. The summed E-state index contributed by atoms with van der Waals surface area (Å²) in [6.45, 7) is 8.59. The second kappa shape index (κ2) is 11.8. The summed E-state index contributed by atoms with van der Waals surface area (Å²) in [5, 5.41) is 0. The van der Waals surface area contributed by atoms with Crippen molar-refractivity contribution in [3.8, 4) is 0 Å². The lowest BCUT2D eigenvalue weighted by atomic mass is 10.0. The molecule has 6 heteroatoms. The fourth-order valence-electron chi connectivity index (χ4n) is 1.92. The predicted molar refractivity (Wildman–Crippen MR) is 103 cm³/mol. The molecule has 0 bridgehead atoms. The summed E-state index contributed by atoms with van der Waals surface area (Å²) in [5.74, 6) is -8.67. The molecule has 0 heterocycles. The average Bonchev–Trinajstić information content (AvgIpc) is 2.75. The van der Waals surface area contributed by atoms with Crippen molar-refractivity contribution >= 4 is 11.6 Å². The molecule has 0 radical (unpaired) electrons. The minimum absolute atomic E-state index is 0.0642. The lowest BCUT2D eigenvalue weighted by Gasteiger charge is -2.11. The third-order valence-corrected chi connectivity index (χ3v) is 3.62. The van der Waals surface area contributed by atoms with Crippen molar-refractivity contribution in [2.75, 3.05) is 0 Å². The maximum atomic E-state index is 12.9. The third kappa shape index (κ3) is 7.47. The first-order chi connectivity index (χ1) is 13.2. The van der Waals surface area contributed by atoms with Gasteiger partial charge in [0.15, 0.2) is 0 Å². The highest BCUT2D eigenvalue weighted by Gasteiger charge is 2.37. The van der Waals surface area contributed by atoms with E-state index in [4.69, 9.17) is 0 Å². The fourth-order valence-corrected chi connectivity index (χ4v) is 1.92. The van der Waals surface area contributed by atoms with Gasteiger partial charge in [0, 0.05) is 24.0 Å². The number of ketones is 2. The van der Waals surface area contributed by atoms with Crippen molar-refractivity contribution < 1.29 is 27.2 Å². The molecular weight excluding hydrogens is 372 g/mol. The van der Waals surface area contributed by atoms with Gasteiger partial charge in [-0.3, -0.25) is 9.59 Å². The first kappa shape index (κ1) is 25.2. The van der Waals surface area contributed by atoms with Crippen LogP contribution in [0, 0.1) is 0 Å². The number of hydrogen-bond donors (Lipinski definition) is 0. The number of carbonyl (C=O) groups is 2. The highest BCUT2D eigenvalue weighted by atomic mass is 19.3. The van der Waals surface area contributed by atoms with Gasteiger partial charge in [-0.25, -0.2) is 0 Å². The van der Waals surface area contributed by atoms with E-state index >= 15 is 0 Å². The van der Waals surface area contributed by atoms with Crippen LogP contribution in [0.4, 0.5) is 17.6 Å². The lowest BCUT2D eigenvalue weighted by molar-refractivity contribution is 0.00805. The summed E-state index contributed by atoms with van der Waals surface area (Å²) in [6, 6.07) is 15.2. The van der Waals surface area contributed by atoms with Crippen molar-refractivity contribution in [3.63, 3.8) is 0 Å². The van der Waals surface area contributed by atoms with E-state index in [0.717, 1.165) is 0 Å². The molecule has 28 heavy (non-hydrogen) atoms. The third-order valence-electron chi connectivity index (χ3n) is 3.62. The highest BCUT2D eigenvalue weighted by Crippen LogP contribution is 2.24. The molecule has 2 aromatic carbocycles. The maximum absolute atomic E-state index is 12.9. The summed E-state index contributed by atoms with van der Waals surface area (Å²) >= 11 is 0. The number of halogens is 4. The SMILES string of the molecule is C=C.CCC(F)(F)C(=O)c1ccccc1.CCC(F)(F)C(=O)c1ccccc1. The number of rotatable bonds is 6. The summed E-state index contributed by atoms with van der Waals surface area (Å²) in [7, 11) is 0. The standard InChI is InChI=1S/2C10H10F2O.C2H4/c2*1-2-10(11,12)9(13)8-6-4-3-5-7-8;1-2/h2*3-7H,2H2,1H3;1-2H2.